The molecule has 9 nitrogen and oxygen atoms in total. The van der Waals surface area contributed by atoms with Crippen LogP contribution in [0, 0.1) is 0 Å². The summed E-state index contributed by atoms with van der Waals surface area (Å²) in [7, 11) is 0. The smallest absolute Gasteiger partial charge is 0.00772 e. The molecule has 0 aliphatic heterocycles. The molecule has 0 saturated heterocycles. The molecule has 0 unspecified atom stereocenters. The third kappa shape index (κ3) is 30.1. The molecule has 0 saturated carbocycles. The van der Waals surface area contributed by atoms with E-state index < -0.39 is 0 Å². The van der Waals surface area contributed by atoms with E-state index in [-0.39, 0.29) is 0 Å². The van der Waals surface area contributed by atoms with E-state index in [1.54, 1.807) is 0 Å². The van der Waals surface area contributed by atoms with Crippen molar-refractivity contribution in [2.24, 2.45) is 22.9 Å². The summed E-state index contributed by atoms with van der Waals surface area (Å²) < 4.78 is 0. The highest BCUT2D eigenvalue weighted by Crippen LogP contribution is 1.60. The van der Waals surface area contributed by atoms with Crippen LogP contribution >= 0.6 is 0 Å². The van der Waals surface area contributed by atoms with E-state index in [9.17, 15) is 0 Å². The van der Waals surface area contributed by atoms with Crippen LogP contribution in [0.1, 0.15) is 0 Å². The summed E-state index contributed by atoms with van der Waals surface area (Å²) in [5, 5.41) is 16.0. The summed E-state index contributed by atoms with van der Waals surface area (Å²) in [5.41, 5.74) is 21.2. The molecule has 0 heterocycles. The van der Waals surface area contributed by atoms with Crippen LogP contribution in [0.25, 0.3) is 0 Å². The van der Waals surface area contributed by atoms with Crippen LogP contribution in [0.5, 0.6) is 0 Å². The molecule has 142 valence electrons. The fraction of sp³-hybridized carbons (Fsp3) is 1.00. The second-order valence-corrected chi connectivity index (χ2v) is 4.90. The van der Waals surface area contributed by atoms with Crippen LogP contribution in [-0.4, -0.2) is 91.6 Å². The number of rotatable bonds is 17. The summed E-state index contributed by atoms with van der Waals surface area (Å²) >= 11 is 0. The number of hydrogen-bond donors (Lipinski definition) is 9. The Morgan fingerprint density at radius 2 is 0.478 bits per heavy atom. The SMILES string of the molecule is NCCNCCNCCN.NCCNCCNCCNCCN. The van der Waals surface area contributed by atoms with Gasteiger partial charge in [-0.05, 0) is 0 Å². The molecule has 0 atom stereocenters. The lowest BCUT2D eigenvalue weighted by Crippen LogP contribution is -2.35. The van der Waals surface area contributed by atoms with Gasteiger partial charge in [0.05, 0.1) is 0 Å². The van der Waals surface area contributed by atoms with Crippen molar-refractivity contribution in [1.29, 1.82) is 0 Å². The first-order chi connectivity index (χ1) is 11.3. The van der Waals surface area contributed by atoms with Gasteiger partial charge in [0.25, 0.3) is 0 Å². The molecule has 9 heteroatoms. The second-order valence-electron chi connectivity index (χ2n) is 4.90. The van der Waals surface area contributed by atoms with Crippen LogP contribution in [0.3, 0.4) is 0 Å². The van der Waals surface area contributed by atoms with E-state index >= 15 is 0 Å². The molecule has 0 aromatic rings. The average molecular weight is 336 g/mol. The molecule has 0 aromatic heterocycles. The summed E-state index contributed by atoms with van der Waals surface area (Å²) in [5.74, 6) is 0. The van der Waals surface area contributed by atoms with Crippen LogP contribution in [0.15, 0.2) is 0 Å². The molecule has 0 fully saturated rings. The Kier molecular flexibility index (Phi) is 28.7. The Balaban J connectivity index is 0. The van der Waals surface area contributed by atoms with Gasteiger partial charge in [0.15, 0.2) is 0 Å². The van der Waals surface area contributed by atoms with E-state index in [0.29, 0.717) is 26.2 Å². The molecule has 0 aromatic carbocycles. The van der Waals surface area contributed by atoms with E-state index in [2.05, 4.69) is 26.6 Å². The van der Waals surface area contributed by atoms with Gasteiger partial charge >= 0.3 is 0 Å². The topological polar surface area (TPSA) is 164 Å². The zero-order valence-corrected chi connectivity index (χ0v) is 14.7. The second kappa shape index (κ2) is 26.5. The monoisotopic (exact) mass is 335 g/mol. The molecule has 0 radical (unpaired) electrons. The molecular weight excluding hydrogens is 294 g/mol. The Hall–Kier alpha value is -0.360. The van der Waals surface area contributed by atoms with Crippen molar-refractivity contribution < 1.29 is 0 Å². The molecule has 0 spiro atoms. The molecule has 23 heavy (non-hydrogen) atoms. The fourth-order valence-electron chi connectivity index (χ4n) is 1.56. The largest absolute Gasteiger partial charge is 0.329 e. The number of hydrogen-bond acceptors (Lipinski definition) is 9. The molecule has 0 amide bonds. The third-order valence-corrected chi connectivity index (χ3v) is 2.72. The van der Waals surface area contributed by atoms with Crippen LogP contribution in [-0.2, 0) is 0 Å². The van der Waals surface area contributed by atoms with Crippen LogP contribution in [0.2, 0.25) is 0 Å². The van der Waals surface area contributed by atoms with Gasteiger partial charge in [-0.1, -0.05) is 0 Å². The highest BCUT2D eigenvalue weighted by molar-refractivity contribution is 4.55. The minimum absolute atomic E-state index is 0.705. The van der Waals surface area contributed by atoms with Gasteiger partial charge in [-0.3, -0.25) is 0 Å². The summed E-state index contributed by atoms with van der Waals surface area (Å²) in [6.07, 6.45) is 0. The zero-order chi connectivity index (χ0) is 17.4. The lowest BCUT2D eigenvalue weighted by molar-refractivity contribution is 0.586. The normalized spacial score (nSPS) is 10.4. The molecule has 0 aliphatic rings. The molecule has 0 rings (SSSR count). The maximum absolute atomic E-state index is 5.32. The standard InChI is InChI=1S/C8H23N5.C6H18N4/c9-1-3-11-5-7-13-8-6-12-4-2-10;7-1-3-9-5-6-10-4-2-8/h11-13H,1-10H2;9-10H,1-8H2. The zero-order valence-electron chi connectivity index (χ0n) is 14.7. The maximum atomic E-state index is 5.32. The van der Waals surface area contributed by atoms with Gasteiger partial charge in [-0.15, -0.1) is 0 Å². The predicted molar refractivity (Wildman–Crippen MR) is 101 cm³/mol. The van der Waals surface area contributed by atoms with Crippen molar-refractivity contribution in [2.75, 3.05) is 91.6 Å². The first-order valence-corrected chi connectivity index (χ1v) is 8.67. The van der Waals surface area contributed by atoms with Crippen molar-refractivity contribution in [1.82, 2.24) is 26.6 Å². The Morgan fingerprint density at radius 3 is 0.652 bits per heavy atom. The van der Waals surface area contributed by atoms with Crippen molar-refractivity contribution in [2.45, 2.75) is 0 Å². The molecule has 0 aliphatic carbocycles. The first kappa shape index (κ1) is 24.9. The van der Waals surface area contributed by atoms with E-state index in [0.717, 1.165) is 65.4 Å². The fourth-order valence-corrected chi connectivity index (χ4v) is 1.56. The highest BCUT2D eigenvalue weighted by Gasteiger charge is 1.87. The number of nitrogens with one attached hydrogen (secondary N) is 5. The lowest BCUT2D eigenvalue weighted by atomic mass is 10.5. The summed E-state index contributed by atoms with van der Waals surface area (Å²) in [4.78, 5) is 0. The van der Waals surface area contributed by atoms with Crippen molar-refractivity contribution >= 4 is 0 Å². The van der Waals surface area contributed by atoms with Gasteiger partial charge in [-0.2, -0.15) is 0 Å². The van der Waals surface area contributed by atoms with E-state index in [1.165, 1.54) is 0 Å². The highest BCUT2D eigenvalue weighted by atomic mass is 15.0. The third-order valence-electron chi connectivity index (χ3n) is 2.72. The first-order valence-electron chi connectivity index (χ1n) is 8.67. The maximum Gasteiger partial charge on any atom is 0.00772 e. The lowest BCUT2D eigenvalue weighted by Gasteiger charge is -2.06. The van der Waals surface area contributed by atoms with E-state index in [4.69, 9.17) is 22.9 Å². The van der Waals surface area contributed by atoms with Gasteiger partial charge in [0.1, 0.15) is 0 Å². The van der Waals surface area contributed by atoms with Crippen LogP contribution < -0.4 is 49.5 Å². The molecule has 13 N–H and O–H groups in total. The Morgan fingerprint density at radius 1 is 0.304 bits per heavy atom. The Labute approximate surface area is 142 Å². The minimum Gasteiger partial charge on any atom is -0.329 e. The molecular formula is C14H41N9. The Bertz CT molecular complexity index is 166. The molecule has 0 bridgehead atoms. The number of nitrogens with two attached hydrogens (primary N) is 4. The van der Waals surface area contributed by atoms with Gasteiger partial charge < -0.3 is 49.5 Å². The van der Waals surface area contributed by atoms with Crippen LogP contribution in [0.4, 0.5) is 0 Å². The van der Waals surface area contributed by atoms with Gasteiger partial charge in [0, 0.05) is 91.6 Å². The quantitative estimate of drug-likeness (QED) is 0.120. The summed E-state index contributed by atoms with van der Waals surface area (Å²) in [6, 6.07) is 0. The van der Waals surface area contributed by atoms with E-state index in [1.807, 2.05) is 0 Å². The summed E-state index contributed by atoms with van der Waals surface area (Å²) in [6.45, 7) is 12.3. The van der Waals surface area contributed by atoms with Crippen molar-refractivity contribution in [3.63, 3.8) is 0 Å². The average Bonchev–Trinajstić information content (AvgIpc) is 2.57. The van der Waals surface area contributed by atoms with Crippen molar-refractivity contribution in [3.05, 3.63) is 0 Å². The van der Waals surface area contributed by atoms with Gasteiger partial charge in [0.2, 0.25) is 0 Å². The van der Waals surface area contributed by atoms with Gasteiger partial charge in [-0.25, -0.2) is 0 Å². The minimum atomic E-state index is 0.705. The predicted octanol–water partition coefficient (Wildman–Crippen LogP) is -4.24. The van der Waals surface area contributed by atoms with Crippen molar-refractivity contribution in [3.8, 4) is 0 Å².